The number of hydrogen-bond acceptors (Lipinski definition) is 7. The highest BCUT2D eigenvalue weighted by Crippen LogP contribution is 2.33. The Morgan fingerprint density at radius 2 is 2.00 bits per heavy atom. The van der Waals surface area contributed by atoms with Crippen molar-refractivity contribution in [1.82, 2.24) is 19.6 Å². The summed E-state index contributed by atoms with van der Waals surface area (Å²) in [5.41, 5.74) is -0.0780. The average molecular weight is 391 g/mol. The number of fused-ring (bicyclic) bond motifs is 1. The van der Waals surface area contributed by atoms with Gasteiger partial charge in [0, 0.05) is 12.5 Å². The number of halogens is 3. The second-order valence-electron chi connectivity index (χ2n) is 4.84. The Morgan fingerprint density at radius 3 is 2.60 bits per heavy atom. The molecule has 0 radical (unpaired) electrons. The number of rotatable bonds is 3. The van der Waals surface area contributed by atoms with E-state index in [2.05, 4.69) is 20.5 Å². The molecule has 0 atom stereocenters. The molecule has 3 aromatic rings. The molecule has 0 spiro atoms. The lowest BCUT2D eigenvalue weighted by molar-refractivity contribution is -0.138. The molecule has 0 unspecified atom stereocenters. The molecule has 13 heteroatoms. The number of sulfone groups is 1. The smallest absolute Gasteiger partial charge is 0.295 e. The van der Waals surface area contributed by atoms with Crippen molar-refractivity contribution in [2.75, 3.05) is 11.6 Å². The minimum absolute atomic E-state index is 0.149. The van der Waals surface area contributed by atoms with E-state index < -0.39 is 26.9 Å². The van der Waals surface area contributed by atoms with Crippen molar-refractivity contribution in [2.45, 2.75) is 11.3 Å². The number of aromatic nitrogens is 4. The molecule has 0 aliphatic heterocycles. The summed E-state index contributed by atoms with van der Waals surface area (Å²) in [6.45, 7) is 0. The highest BCUT2D eigenvalue weighted by Gasteiger charge is 2.36. The number of nitrogens with zero attached hydrogens (tertiary/aromatic N) is 4. The van der Waals surface area contributed by atoms with Gasteiger partial charge in [-0.05, 0) is 12.1 Å². The summed E-state index contributed by atoms with van der Waals surface area (Å²) in [5, 5.41) is 6.39. The van der Waals surface area contributed by atoms with E-state index in [-0.39, 0.29) is 32.8 Å². The molecule has 0 aliphatic rings. The molecule has 8 nitrogen and oxygen atoms in total. The normalized spacial score (nSPS) is 12.5. The van der Waals surface area contributed by atoms with Crippen LogP contribution in [0.4, 0.5) is 18.3 Å². The third-order valence-electron chi connectivity index (χ3n) is 2.95. The summed E-state index contributed by atoms with van der Waals surface area (Å²) in [5.74, 6) is -0.900. The first-order valence-electron chi connectivity index (χ1n) is 6.46. The fraction of sp³-hybridized carbons (Fsp3) is 0.167. The molecule has 0 aliphatic carbocycles. The summed E-state index contributed by atoms with van der Waals surface area (Å²) < 4.78 is 62.3. The van der Waals surface area contributed by atoms with Gasteiger partial charge in [0.15, 0.2) is 5.69 Å². The highest BCUT2D eigenvalue weighted by molar-refractivity contribution is 7.90. The van der Waals surface area contributed by atoms with E-state index in [1.165, 1.54) is 16.7 Å². The van der Waals surface area contributed by atoms with E-state index in [4.69, 9.17) is 0 Å². The number of carbonyl (C=O) groups is 1. The van der Waals surface area contributed by atoms with Crippen molar-refractivity contribution in [2.24, 2.45) is 0 Å². The number of amides is 1. The molecule has 0 aromatic carbocycles. The zero-order valence-corrected chi connectivity index (χ0v) is 13.9. The number of imidazole rings is 1. The Morgan fingerprint density at radius 1 is 1.28 bits per heavy atom. The summed E-state index contributed by atoms with van der Waals surface area (Å²) in [6.07, 6.45) is -2.34. The second-order valence-corrected chi connectivity index (χ2v) is 7.72. The fourth-order valence-corrected chi connectivity index (χ4v) is 3.36. The van der Waals surface area contributed by atoms with Gasteiger partial charge in [0.1, 0.15) is 0 Å². The van der Waals surface area contributed by atoms with Crippen LogP contribution >= 0.6 is 11.3 Å². The van der Waals surface area contributed by atoms with Gasteiger partial charge in [0.25, 0.3) is 5.91 Å². The molecule has 0 fully saturated rings. The van der Waals surface area contributed by atoms with E-state index in [0.29, 0.717) is 0 Å². The predicted molar refractivity (Wildman–Crippen MR) is 81.2 cm³/mol. The first-order valence-corrected chi connectivity index (χ1v) is 9.17. The molecule has 25 heavy (non-hydrogen) atoms. The van der Waals surface area contributed by atoms with E-state index in [1.807, 2.05) is 0 Å². The molecule has 1 amide bonds. The van der Waals surface area contributed by atoms with Crippen LogP contribution in [0.5, 0.6) is 0 Å². The van der Waals surface area contributed by atoms with Crippen LogP contribution in [0.2, 0.25) is 0 Å². The highest BCUT2D eigenvalue weighted by atomic mass is 32.2. The first-order chi connectivity index (χ1) is 11.6. The monoisotopic (exact) mass is 391 g/mol. The summed E-state index contributed by atoms with van der Waals surface area (Å²) >= 11 is 0.149. The third-order valence-corrected chi connectivity index (χ3v) is 4.79. The van der Waals surface area contributed by atoms with E-state index in [1.54, 1.807) is 12.1 Å². The minimum Gasteiger partial charge on any atom is -0.295 e. The van der Waals surface area contributed by atoms with Crippen molar-refractivity contribution >= 4 is 37.7 Å². The zero-order chi connectivity index (χ0) is 18.4. The largest absolute Gasteiger partial charge is 0.445 e. The molecular formula is C12H8F3N5O3S2. The molecule has 132 valence electrons. The van der Waals surface area contributed by atoms with Crippen LogP contribution in [0, 0.1) is 0 Å². The number of carbonyl (C=O) groups excluding carboxylic acids is 1. The standard InChI is InChI=1S/C12H8F3N5O3S2/c1-25(22,23)11-16-7(6-4-2-3-5-20(6)11)8(21)17-10-19-18-9(24-10)12(13,14)15/h2-5H,1H3,(H,17,19,21). The fourth-order valence-electron chi connectivity index (χ4n) is 1.98. The Labute approximate surface area is 142 Å². The van der Waals surface area contributed by atoms with Crippen LogP contribution in [0.1, 0.15) is 15.5 Å². The summed E-state index contributed by atoms with van der Waals surface area (Å²) in [7, 11) is -3.73. The van der Waals surface area contributed by atoms with Crippen molar-refractivity contribution in [1.29, 1.82) is 0 Å². The van der Waals surface area contributed by atoms with Gasteiger partial charge in [0.2, 0.25) is 25.1 Å². The SMILES string of the molecule is CS(=O)(=O)c1nc(C(=O)Nc2nnc(C(F)(F)F)s2)c2ccccn12. The molecular weight excluding hydrogens is 383 g/mol. The van der Waals surface area contributed by atoms with Crippen LogP contribution in [-0.2, 0) is 16.0 Å². The number of alkyl halides is 3. The number of anilines is 1. The lowest BCUT2D eigenvalue weighted by atomic mass is 10.3. The maximum atomic E-state index is 12.5. The van der Waals surface area contributed by atoms with Crippen LogP contribution in [-0.4, -0.2) is 40.2 Å². The van der Waals surface area contributed by atoms with Gasteiger partial charge in [-0.2, -0.15) is 13.2 Å². The number of pyridine rings is 1. The Bertz CT molecular complexity index is 1070. The third kappa shape index (κ3) is 3.32. The quantitative estimate of drug-likeness (QED) is 0.731. The van der Waals surface area contributed by atoms with Crippen LogP contribution in [0.25, 0.3) is 5.52 Å². The number of hydrogen-bond donors (Lipinski definition) is 1. The predicted octanol–water partition coefficient (Wildman–Crippen LogP) is 1.86. The van der Waals surface area contributed by atoms with Crippen molar-refractivity contribution < 1.29 is 26.4 Å². The molecule has 0 bridgehead atoms. The molecule has 3 aromatic heterocycles. The van der Waals surface area contributed by atoms with Gasteiger partial charge in [-0.15, -0.1) is 10.2 Å². The van der Waals surface area contributed by atoms with Gasteiger partial charge >= 0.3 is 6.18 Å². The summed E-state index contributed by atoms with van der Waals surface area (Å²) in [4.78, 5) is 16.1. The topological polar surface area (TPSA) is 106 Å². The van der Waals surface area contributed by atoms with Gasteiger partial charge in [-0.1, -0.05) is 17.4 Å². The lowest BCUT2D eigenvalue weighted by Crippen LogP contribution is -2.13. The van der Waals surface area contributed by atoms with Gasteiger partial charge in [-0.25, -0.2) is 13.4 Å². The van der Waals surface area contributed by atoms with Gasteiger partial charge in [-0.3, -0.25) is 14.5 Å². The zero-order valence-electron chi connectivity index (χ0n) is 12.3. The van der Waals surface area contributed by atoms with Gasteiger partial charge < -0.3 is 0 Å². The lowest BCUT2D eigenvalue weighted by Gasteiger charge is -1.99. The van der Waals surface area contributed by atoms with E-state index in [9.17, 15) is 26.4 Å². The minimum atomic E-state index is -4.68. The van der Waals surface area contributed by atoms with E-state index >= 15 is 0 Å². The Hall–Kier alpha value is -2.54. The molecule has 3 rings (SSSR count). The van der Waals surface area contributed by atoms with Crippen LogP contribution in [0.15, 0.2) is 29.6 Å². The van der Waals surface area contributed by atoms with Crippen molar-refractivity contribution in [3.05, 3.63) is 35.1 Å². The van der Waals surface area contributed by atoms with Crippen LogP contribution < -0.4 is 5.32 Å². The molecule has 0 saturated carbocycles. The molecule has 0 saturated heterocycles. The Kier molecular flexibility index (Phi) is 3.99. The van der Waals surface area contributed by atoms with Crippen molar-refractivity contribution in [3.8, 4) is 0 Å². The van der Waals surface area contributed by atoms with Crippen molar-refractivity contribution in [3.63, 3.8) is 0 Å². The maximum Gasteiger partial charge on any atom is 0.445 e. The van der Waals surface area contributed by atoms with Gasteiger partial charge in [0.05, 0.1) is 5.52 Å². The summed E-state index contributed by atoms with van der Waals surface area (Å²) in [6, 6.07) is 4.57. The average Bonchev–Trinajstić information content (AvgIpc) is 3.10. The molecule has 1 N–H and O–H groups in total. The first kappa shape index (κ1) is 17.3. The van der Waals surface area contributed by atoms with Crippen LogP contribution in [0.3, 0.4) is 0 Å². The second kappa shape index (κ2) is 5.77. The van der Waals surface area contributed by atoms with E-state index in [0.717, 1.165) is 6.26 Å². The molecule has 3 heterocycles. The Balaban J connectivity index is 1.99. The maximum absolute atomic E-state index is 12.5. The number of nitrogens with one attached hydrogen (secondary N) is 1.